The molecule has 2 amide bonds. The smallest absolute Gasteiger partial charge is 0.254 e. The van der Waals surface area contributed by atoms with Crippen LogP contribution in [0.4, 0.5) is 5.69 Å². The van der Waals surface area contributed by atoms with Crippen molar-refractivity contribution in [1.82, 2.24) is 4.90 Å². The first-order valence-electron chi connectivity index (χ1n) is 8.50. The maximum absolute atomic E-state index is 12.9. The number of benzene rings is 3. The number of halogens is 1. The van der Waals surface area contributed by atoms with Crippen molar-refractivity contribution in [1.29, 1.82) is 0 Å². The summed E-state index contributed by atoms with van der Waals surface area (Å²) in [4.78, 5) is 26.7. The number of nitrogens with zero attached hydrogens (tertiary/aromatic N) is 1. The lowest BCUT2D eigenvalue weighted by atomic mass is 9.99. The van der Waals surface area contributed by atoms with Crippen molar-refractivity contribution in [2.45, 2.75) is 0 Å². The molecule has 0 radical (unpaired) electrons. The minimum Gasteiger partial charge on any atom is -0.332 e. The van der Waals surface area contributed by atoms with Crippen LogP contribution in [0.1, 0.15) is 10.4 Å². The van der Waals surface area contributed by atoms with Gasteiger partial charge in [-0.1, -0.05) is 60.7 Å². The van der Waals surface area contributed by atoms with Gasteiger partial charge in [-0.15, -0.1) is 0 Å². The maximum atomic E-state index is 12.9. The molecule has 0 atom stereocenters. The number of likely N-dealkylation sites (N-methyl/N-ethyl adjacent to an activating group) is 1. The van der Waals surface area contributed by atoms with Gasteiger partial charge in [0.05, 0.1) is 12.2 Å². The SMILES string of the molecule is CN(CC(=O)Nc1ccccc1Br)C(=O)c1ccccc1-c1ccccc1. The third-order valence-electron chi connectivity index (χ3n) is 4.12. The molecule has 0 aliphatic rings. The summed E-state index contributed by atoms with van der Waals surface area (Å²) >= 11 is 3.40. The van der Waals surface area contributed by atoms with Crippen LogP contribution in [0.5, 0.6) is 0 Å². The molecule has 0 saturated carbocycles. The highest BCUT2D eigenvalue weighted by molar-refractivity contribution is 9.10. The molecule has 27 heavy (non-hydrogen) atoms. The lowest BCUT2D eigenvalue weighted by Crippen LogP contribution is -2.35. The maximum Gasteiger partial charge on any atom is 0.254 e. The molecule has 0 fully saturated rings. The number of carbonyl (C=O) groups is 2. The topological polar surface area (TPSA) is 49.4 Å². The standard InChI is InChI=1S/C22H19BrN2O2/c1-25(15-21(26)24-20-14-8-7-13-19(20)23)22(27)18-12-6-5-11-17(18)16-9-3-2-4-10-16/h2-14H,15H2,1H3,(H,24,26). The van der Waals surface area contributed by atoms with Crippen molar-refractivity contribution >= 4 is 33.4 Å². The zero-order valence-electron chi connectivity index (χ0n) is 14.9. The molecule has 4 nitrogen and oxygen atoms in total. The highest BCUT2D eigenvalue weighted by Gasteiger charge is 2.18. The van der Waals surface area contributed by atoms with Gasteiger partial charge in [0.2, 0.25) is 5.91 Å². The number of anilines is 1. The second-order valence-corrected chi connectivity index (χ2v) is 6.96. The number of hydrogen-bond donors (Lipinski definition) is 1. The Bertz CT molecular complexity index is 957. The first-order valence-corrected chi connectivity index (χ1v) is 9.30. The molecule has 0 aliphatic heterocycles. The number of para-hydroxylation sites is 1. The lowest BCUT2D eigenvalue weighted by molar-refractivity contribution is -0.116. The molecular formula is C22H19BrN2O2. The number of nitrogens with one attached hydrogen (secondary N) is 1. The van der Waals surface area contributed by atoms with Crippen molar-refractivity contribution < 1.29 is 9.59 Å². The van der Waals surface area contributed by atoms with E-state index in [1.165, 1.54) is 4.90 Å². The van der Waals surface area contributed by atoms with Crippen molar-refractivity contribution in [3.63, 3.8) is 0 Å². The Kier molecular flexibility index (Phi) is 6.04. The Labute approximate surface area is 167 Å². The summed E-state index contributed by atoms with van der Waals surface area (Å²) in [7, 11) is 1.63. The van der Waals surface area contributed by atoms with Crippen LogP contribution >= 0.6 is 15.9 Å². The summed E-state index contributed by atoms with van der Waals surface area (Å²) in [6.45, 7) is -0.0384. The van der Waals surface area contributed by atoms with Gasteiger partial charge in [0.1, 0.15) is 0 Å². The Balaban J connectivity index is 1.75. The van der Waals surface area contributed by atoms with Crippen molar-refractivity contribution in [3.05, 3.63) is 88.9 Å². The van der Waals surface area contributed by atoms with Crippen LogP contribution in [0, 0.1) is 0 Å². The second-order valence-electron chi connectivity index (χ2n) is 6.10. The molecule has 0 spiro atoms. The fraction of sp³-hybridized carbons (Fsp3) is 0.0909. The van der Waals surface area contributed by atoms with Crippen molar-refractivity contribution in [2.75, 3.05) is 18.9 Å². The third-order valence-corrected chi connectivity index (χ3v) is 4.81. The van der Waals surface area contributed by atoms with Gasteiger partial charge in [-0.25, -0.2) is 0 Å². The molecule has 0 aliphatic carbocycles. The average molecular weight is 423 g/mol. The van der Waals surface area contributed by atoms with Crippen molar-refractivity contribution in [3.8, 4) is 11.1 Å². The summed E-state index contributed by atoms with van der Waals surface area (Å²) in [6.07, 6.45) is 0. The summed E-state index contributed by atoms with van der Waals surface area (Å²) in [5.41, 5.74) is 3.06. The summed E-state index contributed by atoms with van der Waals surface area (Å²) in [5.74, 6) is -0.452. The lowest BCUT2D eigenvalue weighted by Gasteiger charge is -2.19. The minimum atomic E-state index is -0.255. The molecule has 3 aromatic carbocycles. The van der Waals surface area contributed by atoms with E-state index in [0.29, 0.717) is 11.3 Å². The fourth-order valence-electron chi connectivity index (χ4n) is 2.78. The largest absolute Gasteiger partial charge is 0.332 e. The van der Waals surface area contributed by atoms with Gasteiger partial charge >= 0.3 is 0 Å². The Morgan fingerprint density at radius 1 is 0.889 bits per heavy atom. The fourth-order valence-corrected chi connectivity index (χ4v) is 3.17. The molecule has 0 unspecified atom stereocenters. The Morgan fingerprint density at radius 2 is 1.52 bits per heavy atom. The molecule has 5 heteroatoms. The van der Waals surface area contributed by atoms with E-state index in [4.69, 9.17) is 0 Å². The van der Waals surface area contributed by atoms with Gasteiger partial charge in [0.15, 0.2) is 0 Å². The molecule has 0 heterocycles. The Morgan fingerprint density at radius 3 is 2.26 bits per heavy atom. The zero-order chi connectivity index (χ0) is 19.2. The molecule has 1 N–H and O–H groups in total. The first-order chi connectivity index (χ1) is 13.1. The minimum absolute atomic E-state index is 0.0384. The molecule has 136 valence electrons. The number of amides is 2. The molecule has 0 saturated heterocycles. The Hall–Kier alpha value is -2.92. The number of rotatable bonds is 5. The zero-order valence-corrected chi connectivity index (χ0v) is 16.4. The van der Waals surface area contributed by atoms with E-state index in [1.54, 1.807) is 19.2 Å². The van der Waals surface area contributed by atoms with Crippen molar-refractivity contribution in [2.24, 2.45) is 0 Å². The van der Waals surface area contributed by atoms with E-state index >= 15 is 0 Å². The highest BCUT2D eigenvalue weighted by atomic mass is 79.9. The van der Waals surface area contributed by atoms with E-state index in [1.807, 2.05) is 66.7 Å². The quantitative estimate of drug-likeness (QED) is 0.640. The molecular weight excluding hydrogens is 404 g/mol. The van der Waals surface area contributed by atoms with Gasteiger partial charge < -0.3 is 10.2 Å². The predicted octanol–water partition coefficient (Wildman–Crippen LogP) is 4.83. The van der Waals surface area contributed by atoms with Crippen LogP contribution in [0.25, 0.3) is 11.1 Å². The second kappa shape index (κ2) is 8.64. The van der Waals surface area contributed by atoms with Gasteiger partial charge in [-0.3, -0.25) is 9.59 Å². The summed E-state index contributed by atoms with van der Waals surface area (Å²) in [6, 6.07) is 24.5. The molecule has 3 rings (SSSR count). The van der Waals surface area contributed by atoms with E-state index in [9.17, 15) is 9.59 Å². The first kappa shape index (κ1) is 18.9. The van der Waals surface area contributed by atoms with Crippen LogP contribution in [0.15, 0.2) is 83.3 Å². The molecule has 0 aromatic heterocycles. The van der Waals surface area contributed by atoms with Crippen LogP contribution in [-0.4, -0.2) is 30.3 Å². The van der Waals surface area contributed by atoms with Gasteiger partial charge in [0, 0.05) is 17.1 Å². The van der Waals surface area contributed by atoms with Gasteiger partial charge in [-0.05, 0) is 45.3 Å². The third kappa shape index (κ3) is 4.63. The molecule has 3 aromatic rings. The van der Waals surface area contributed by atoms with Crippen LogP contribution in [0.2, 0.25) is 0 Å². The van der Waals surface area contributed by atoms with E-state index in [2.05, 4.69) is 21.2 Å². The van der Waals surface area contributed by atoms with E-state index in [0.717, 1.165) is 15.6 Å². The van der Waals surface area contributed by atoms with Crippen LogP contribution < -0.4 is 5.32 Å². The predicted molar refractivity (Wildman–Crippen MR) is 112 cm³/mol. The number of carbonyl (C=O) groups excluding carboxylic acids is 2. The van der Waals surface area contributed by atoms with Gasteiger partial charge in [0.25, 0.3) is 5.91 Å². The van der Waals surface area contributed by atoms with Crippen LogP contribution in [0.3, 0.4) is 0 Å². The highest BCUT2D eigenvalue weighted by Crippen LogP contribution is 2.24. The summed E-state index contributed by atoms with van der Waals surface area (Å²) in [5, 5.41) is 2.81. The van der Waals surface area contributed by atoms with E-state index < -0.39 is 0 Å². The van der Waals surface area contributed by atoms with Gasteiger partial charge in [-0.2, -0.15) is 0 Å². The van der Waals surface area contributed by atoms with E-state index in [-0.39, 0.29) is 18.4 Å². The van der Waals surface area contributed by atoms with Crippen LogP contribution in [-0.2, 0) is 4.79 Å². The molecule has 0 bridgehead atoms. The number of hydrogen-bond acceptors (Lipinski definition) is 2. The summed E-state index contributed by atoms with van der Waals surface area (Å²) < 4.78 is 0.793. The monoisotopic (exact) mass is 422 g/mol. The normalized spacial score (nSPS) is 10.3. The average Bonchev–Trinajstić information content (AvgIpc) is 2.70.